The highest BCUT2D eigenvalue weighted by molar-refractivity contribution is 6.33. The van der Waals surface area contributed by atoms with Gasteiger partial charge in [0.15, 0.2) is 0 Å². The molecule has 0 bridgehead atoms. The van der Waals surface area contributed by atoms with Gasteiger partial charge in [0.05, 0.1) is 5.56 Å². The second-order valence-corrected chi connectivity index (χ2v) is 7.45. The van der Waals surface area contributed by atoms with Crippen LogP contribution in [0.3, 0.4) is 0 Å². The molecule has 0 atom stereocenters. The molecule has 0 spiro atoms. The van der Waals surface area contributed by atoms with Crippen molar-refractivity contribution in [1.82, 2.24) is 0 Å². The molecule has 1 rings (SSSR count). The van der Waals surface area contributed by atoms with Gasteiger partial charge in [-0.1, -0.05) is 27.2 Å². The van der Waals surface area contributed by atoms with Crippen molar-refractivity contribution in [3.63, 3.8) is 0 Å². The van der Waals surface area contributed by atoms with E-state index in [-0.39, 0.29) is 10.6 Å². The Labute approximate surface area is 104 Å². The third-order valence-corrected chi connectivity index (χ3v) is 4.23. The molecule has 0 saturated carbocycles. The lowest BCUT2D eigenvalue weighted by Crippen LogP contribution is -2.18. The molecular formula is C13H18FNOSi. The fraction of sp³-hybridized carbons (Fsp3) is 0.462. The number of halogens is 1. The van der Waals surface area contributed by atoms with Crippen LogP contribution < -0.4 is 4.43 Å². The van der Waals surface area contributed by atoms with E-state index in [2.05, 4.69) is 20.8 Å². The molecule has 1 aromatic carbocycles. The van der Waals surface area contributed by atoms with Gasteiger partial charge in [0, 0.05) is 6.07 Å². The smallest absolute Gasteiger partial charge is 0.225 e. The predicted molar refractivity (Wildman–Crippen MR) is 69.2 cm³/mol. The van der Waals surface area contributed by atoms with E-state index in [0.29, 0.717) is 5.75 Å². The number of benzene rings is 1. The van der Waals surface area contributed by atoms with Gasteiger partial charge < -0.3 is 4.43 Å². The van der Waals surface area contributed by atoms with Crippen molar-refractivity contribution in [3.8, 4) is 11.8 Å². The quantitative estimate of drug-likeness (QED) is 0.753. The Kier molecular flexibility index (Phi) is 4.70. The number of nitrogens with zero attached hydrogens (tertiary/aromatic N) is 1. The SMILES string of the molecule is CCCC(C)(C)[SiH2]Oc1ccc(C#N)c(F)c1. The van der Waals surface area contributed by atoms with E-state index in [0.717, 1.165) is 12.8 Å². The van der Waals surface area contributed by atoms with Gasteiger partial charge in [0.2, 0.25) is 9.76 Å². The second kappa shape index (κ2) is 5.83. The third-order valence-electron chi connectivity index (χ3n) is 2.62. The monoisotopic (exact) mass is 251 g/mol. The Morgan fingerprint density at radius 3 is 2.71 bits per heavy atom. The molecule has 4 heteroatoms. The largest absolute Gasteiger partial charge is 0.549 e. The molecule has 0 aliphatic heterocycles. The summed E-state index contributed by atoms with van der Waals surface area (Å²) in [5.41, 5.74) is 0.0619. The highest BCUT2D eigenvalue weighted by Gasteiger charge is 2.19. The van der Waals surface area contributed by atoms with E-state index in [4.69, 9.17) is 9.69 Å². The zero-order valence-electron chi connectivity index (χ0n) is 10.6. The second-order valence-electron chi connectivity index (χ2n) is 4.96. The molecule has 0 saturated heterocycles. The molecule has 17 heavy (non-hydrogen) atoms. The summed E-state index contributed by atoms with van der Waals surface area (Å²) in [6.45, 7) is 6.52. The summed E-state index contributed by atoms with van der Waals surface area (Å²) in [6, 6.07) is 6.22. The molecule has 0 heterocycles. The van der Waals surface area contributed by atoms with Gasteiger partial charge in [-0.25, -0.2) is 4.39 Å². The number of nitriles is 1. The lowest BCUT2D eigenvalue weighted by atomic mass is 10.1. The summed E-state index contributed by atoms with van der Waals surface area (Å²) >= 11 is 0. The topological polar surface area (TPSA) is 33.0 Å². The van der Waals surface area contributed by atoms with E-state index in [1.54, 1.807) is 12.1 Å². The molecule has 0 N–H and O–H groups in total. The molecule has 0 amide bonds. The lowest BCUT2D eigenvalue weighted by molar-refractivity contribution is 0.496. The van der Waals surface area contributed by atoms with Gasteiger partial charge in [0.25, 0.3) is 0 Å². The first kappa shape index (κ1) is 13.7. The maximum absolute atomic E-state index is 13.3. The first-order chi connectivity index (χ1) is 7.98. The van der Waals surface area contributed by atoms with E-state index in [1.165, 1.54) is 12.1 Å². The highest BCUT2D eigenvalue weighted by Crippen LogP contribution is 2.29. The molecular weight excluding hydrogens is 233 g/mol. The minimum atomic E-state index is -0.754. The summed E-state index contributed by atoms with van der Waals surface area (Å²) in [5.74, 6) is 0.0321. The predicted octanol–water partition coefficient (Wildman–Crippen LogP) is 3.16. The van der Waals surface area contributed by atoms with Crippen LogP contribution in [0.4, 0.5) is 4.39 Å². The normalized spacial score (nSPS) is 11.7. The van der Waals surface area contributed by atoms with Crippen LogP contribution in [0.15, 0.2) is 18.2 Å². The van der Waals surface area contributed by atoms with Gasteiger partial charge >= 0.3 is 0 Å². The van der Waals surface area contributed by atoms with E-state index >= 15 is 0 Å². The lowest BCUT2D eigenvalue weighted by Gasteiger charge is -2.23. The Bertz CT molecular complexity index is 426. The Morgan fingerprint density at radius 2 is 2.18 bits per heavy atom. The first-order valence-corrected chi connectivity index (χ1v) is 7.09. The van der Waals surface area contributed by atoms with Crippen molar-refractivity contribution in [3.05, 3.63) is 29.6 Å². The van der Waals surface area contributed by atoms with Crippen molar-refractivity contribution in [1.29, 1.82) is 5.26 Å². The Hall–Kier alpha value is -1.34. The van der Waals surface area contributed by atoms with E-state index in [1.807, 2.05) is 0 Å². The van der Waals surface area contributed by atoms with Crippen molar-refractivity contribution in [2.24, 2.45) is 0 Å². The summed E-state index contributed by atoms with van der Waals surface area (Å²) in [7, 11) is -0.754. The van der Waals surface area contributed by atoms with Gasteiger partial charge in [0.1, 0.15) is 17.6 Å². The van der Waals surface area contributed by atoms with Gasteiger partial charge in [-0.2, -0.15) is 5.26 Å². The van der Waals surface area contributed by atoms with E-state index < -0.39 is 15.6 Å². The van der Waals surface area contributed by atoms with Crippen LogP contribution in [0.2, 0.25) is 5.04 Å². The number of hydrogen-bond acceptors (Lipinski definition) is 2. The Morgan fingerprint density at radius 1 is 1.47 bits per heavy atom. The maximum atomic E-state index is 13.3. The molecule has 0 aromatic heterocycles. The average molecular weight is 251 g/mol. The molecule has 0 unspecified atom stereocenters. The third kappa shape index (κ3) is 4.20. The van der Waals surface area contributed by atoms with Crippen LogP contribution in [-0.4, -0.2) is 9.76 Å². The molecule has 2 nitrogen and oxygen atoms in total. The van der Waals surface area contributed by atoms with Crippen LogP contribution in [-0.2, 0) is 0 Å². The van der Waals surface area contributed by atoms with Gasteiger partial charge in [-0.15, -0.1) is 0 Å². The Balaban J connectivity index is 2.65. The minimum Gasteiger partial charge on any atom is -0.549 e. The van der Waals surface area contributed by atoms with Crippen LogP contribution in [0, 0.1) is 17.1 Å². The zero-order chi connectivity index (χ0) is 12.9. The van der Waals surface area contributed by atoms with Gasteiger partial charge in [-0.3, -0.25) is 0 Å². The average Bonchev–Trinajstić information content (AvgIpc) is 2.27. The number of rotatable bonds is 5. The molecule has 0 fully saturated rings. The van der Waals surface area contributed by atoms with E-state index in [9.17, 15) is 4.39 Å². The summed E-state index contributed by atoms with van der Waals surface area (Å²) < 4.78 is 19.0. The van der Waals surface area contributed by atoms with Crippen molar-refractivity contribution in [2.45, 2.75) is 38.7 Å². The van der Waals surface area contributed by atoms with Crippen molar-refractivity contribution in [2.75, 3.05) is 0 Å². The van der Waals surface area contributed by atoms with Crippen LogP contribution in [0.5, 0.6) is 5.75 Å². The molecule has 0 radical (unpaired) electrons. The van der Waals surface area contributed by atoms with Crippen molar-refractivity contribution < 1.29 is 8.82 Å². The highest BCUT2D eigenvalue weighted by atomic mass is 28.2. The summed E-state index contributed by atoms with van der Waals surface area (Å²) in [5, 5.41) is 8.84. The molecule has 0 aliphatic rings. The maximum Gasteiger partial charge on any atom is 0.225 e. The summed E-state index contributed by atoms with van der Waals surface area (Å²) in [6.07, 6.45) is 2.25. The number of hydrogen-bond donors (Lipinski definition) is 0. The molecule has 92 valence electrons. The van der Waals surface area contributed by atoms with Crippen LogP contribution in [0.1, 0.15) is 39.2 Å². The van der Waals surface area contributed by atoms with Crippen LogP contribution >= 0.6 is 0 Å². The zero-order valence-corrected chi connectivity index (χ0v) is 12.0. The standard InChI is InChI=1S/C13H18FNOSi/c1-4-7-13(2,3)17-16-11-6-5-10(9-15)12(14)8-11/h5-6,8H,4,7,17H2,1-3H3. The van der Waals surface area contributed by atoms with Crippen molar-refractivity contribution >= 4 is 9.76 Å². The first-order valence-electron chi connectivity index (χ1n) is 5.81. The van der Waals surface area contributed by atoms with Gasteiger partial charge in [-0.05, 0) is 23.6 Å². The minimum absolute atomic E-state index is 0.0619. The fourth-order valence-electron chi connectivity index (χ4n) is 1.70. The molecule has 1 aromatic rings. The fourth-order valence-corrected chi connectivity index (χ4v) is 2.94. The summed E-state index contributed by atoms with van der Waals surface area (Å²) in [4.78, 5) is 0. The van der Waals surface area contributed by atoms with Crippen LogP contribution in [0.25, 0.3) is 0 Å². The molecule has 0 aliphatic carbocycles.